The number of nitrogens with one attached hydrogen (secondary N) is 1. The Hall–Kier alpha value is -1.69. The first-order valence-electron chi connectivity index (χ1n) is 9.27. The van der Waals surface area contributed by atoms with Crippen LogP contribution in [0, 0.1) is 13.8 Å². The number of sulfonamides is 1. The fourth-order valence-electron chi connectivity index (χ4n) is 3.61. The Morgan fingerprint density at radius 3 is 2.31 bits per heavy atom. The lowest BCUT2D eigenvalue weighted by molar-refractivity contribution is 0.246. The third kappa shape index (κ3) is 4.93. The van der Waals surface area contributed by atoms with E-state index in [9.17, 15) is 8.42 Å². The topological polar surface area (TPSA) is 49.4 Å². The maximum absolute atomic E-state index is 12.6. The van der Waals surface area contributed by atoms with Crippen LogP contribution in [-0.4, -0.2) is 33.0 Å². The van der Waals surface area contributed by atoms with Gasteiger partial charge in [0.15, 0.2) is 0 Å². The van der Waals surface area contributed by atoms with E-state index in [1.165, 1.54) is 24.0 Å². The van der Waals surface area contributed by atoms with E-state index < -0.39 is 10.0 Å². The van der Waals surface area contributed by atoms with Gasteiger partial charge in [0, 0.05) is 12.6 Å². The highest BCUT2D eigenvalue weighted by Gasteiger charge is 2.26. The Balaban J connectivity index is 1.72. The van der Waals surface area contributed by atoms with Crippen molar-refractivity contribution in [2.45, 2.75) is 38.5 Å². The van der Waals surface area contributed by atoms with Crippen molar-refractivity contribution in [3.63, 3.8) is 0 Å². The van der Waals surface area contributed by atoms with E-state index in [0.29, 0.717) is 6.54 Å². The zero-order valence-electron chi connectivity index (χ0n) is 15.6. The van der Waals surface area contributed by atoms with Crippen molar-refractivity contribution in [2.24, 2.45) is 0 Å². The number of likely N-dealkylation sites (tertiary alicyclic amines) is 1. The molecule has 140 valence electrons. The summed E-state index contributed by atoms with van der Waals surface area (Å²) in [6, 6.07) is 16.0. The van der Waals surface area contributed by atoms with Gasteiger partial charge >= 0.3 is 0 Å². The molecule has 1 unspecified atom stereocenters. The van der Waals surface area contributed by atoms with Gasteiger partial charge in [0.1, 0.15) is 0 Å². The molecule has 2 aromatic rings. The minimum absolute atomic E-state index is 0.0216. The van der Waals surface area contributed by atoms with E-state index in [2.05, 4.69) is 28.7 Å². The van der Waals surface area contributed by atoms with E-state index in [1.54, 1.807) is 0 Å². The second-order valence-electron chi connectivity index (χ2n) is 7.21. The van der Waals surface area contributed by atoms with E-state index in [-0.39, 0.29) is 11.8 Å². The minimum atomic E-state index is -3.37. The molecule has 0 amide bonds. The van der Waals surface area contributed by atoms with E-state index in [4.69, 9.17) is 0 Å². The van der Waals surface area contributed by atoms with Gasteiger partial charge in [0.25, 0.3) is 0 Å². The van der Waals surface area contributed by atoms with Crippen LogP contribution >= 0.6 is 0 Å². The van der Waals surface area contributed by atoms with Crippen LogP contribution in [0.3, 0.4) is 0 Å². The normalized spacial score (nSPS) is 16.7. The van der Waals surface area contributed by atoms with Gasteiger partial charge in [-0.1, -0.05) is 54.1 Å². The van der Waals surface area contributed by atoms with Crippen LogP contribution in [0.15, 0.2) is 48.5 Å². The highest BCUT2D eigenvalue weighted by Crippen LogP contribution is 2.27. The van der Waals surface area contributed by atoms with Crippen molar-refractivity contribution in [3.8, 4) is 0 Å². The highest BCUT2D eigenvalue weighted by atomic mass is 32.2. The summed E-state index contributed by atoms with van der Waals surface area (Å²) in [6.45, 7) is 6.56. The van der Waals surface area contributed by atoms with Crippen LogP contribution in [0.1, 0.15) is 41.1 Å². The Bertz CT molecular complexity index is 825. The second-order valence-corrected chi connectivity index (χ2v) is 9.02. The molecule has 0 aromatic heterocycles. The zero-order chi connectivity index (χ0) is 18.6. The first kappa shape index (κ1) is 19.1. The summed E-state index contributed by atoms with van der Waals surface area (Å²) in [5, 5.41) is 0. The first-order valence-corrected chi connectivity index (χ1v) is 10.9. The van der Waals surface area contributed by atoms with Gasteiger partial charge in [0.2, 0.25) is 10.0 Å². The van der Waals surface area contributed by atoms with Crippen LogP contribution in [-0.2, 0) is 15.8 Å². The highest BCUT2D eigenvalue weighted by molar-refractivity contribution is 7.88. The van der Waals surface area contributed by atoms with E-state index in [0.717, 1.165) is 24.2 Å². The summed E-state index contributed by atoms with van der Waals surface area (Å²) >= 11 is 0. The molecule has 1 saturated heterocycles. The molecular weight excluding hydrogens is 344 g/mol. The number of rotatable bonds is 7. The predicted octanol–water partition coefficient (Wildman–Crippen LogP) is 3.56. The Morgan fingerprint density at radius 1 is 1.00 bits per heavy atom. The first-order chi connectivity index (χ1) is 12.4. The summed E-state index contributed by atoms with van der Waals surface area (Å²) in [5.41, 5.74) is 4.37. The van der Waals surface area contributed by atoms with Gasteiger partial charge in [-0.2, -0.15) is 0 Å². The standard InChI is InChI=1S/C21H28N2O2S/c1-17-9-11-19(12-10-17)16-26(24,25)22-15-21(23-13-5-6-14-23)20-8-4-3-7-18(20)2/h3-4,7-12,21-22H,5-6,13-16H2,1-2H3. The number of benzene rings is 2. The molecular formula is C21H28N2O2S. The average molecular weight is 373 g/mol. The molecule has 3 rings (SSSR count). The number of aryl methyl sites for hydroxylation is 2. The molecule has 4 nitrogen and oxygen atoms in total. The zero-order valence-corrected chi connectivity index (χ0v) is 16.4. The van der Waals surface area contributed by atoms with Crippen molar-refractivity contribution in [3.05, 3.63) is 70.8 Å². The smallest absolute Gasteiger partial charge is 0.215 e. The van der Waals surface area contributed by atoms with E-state index in [1.807, 2.05) is 43.3 Å². The molecule has 0 saturated carbocycles. The van der Waals surface area contributed by atoms with Gasteiger partial charge in [-0.15, -0.1) is 0 Å². The van der Waals surface area contributed by atoms with Crippen molar-refractivity contribution >= 4 is 10.0 Å². The van der Waals surface area contributed by atoms with Gasteiger partial charge < -0.3 is 0 Å². The van der Waals surface area contributed by atoms with Gasteiger partial charge in [0.05, 0.1) is 5.75 Å². The summed E-state index contributed by atoms with van der Waals surface area (Å²) in [4.78, 5) is 2.40. The molecule has 0 bridgehead atoms. The molecule has 1 aliphatic heterocycles. The van der Waals surface area contributed by atoms with Crippen LogP contribution < -0.4 is 4.72 Å². The van der Waals surface area contributed by atoms with Crippen molar-refractivity contribution in [1.82, 2.24) is 9.62 Å². The Morgan fingerprint density at radius 2 is 1.65 bits per heavy atom. The van der Waals surface area contributed by atoms with Gasteiger partial charge in [-0.25, -0.2) is 13.1 Å². The Labute approximate surface area is 157 Å². The minimum Gasteiger partial charge on any atom is -0.295 e. The number of hydrogen-bond acceptors (Lipinski definition) is 3. The van der Waals surface area contributed by atoms with Crippen LogP contribution in [0.2, 0.25) is 0 Å². The third-order valence-electron chi connectivity index (χ3n) is 5.10. The molecule has 1 atom stereocenters. The predicted molar refractivity (Wildman–Crippen MR) is 107 cm³/mol. The van der Waals surface area contributed by atoms with Crippen molar-refractivity contribution < 1.29 is 8.42 Å². The maximum Gasteiger partial charge on any atom is 0.215 e. The molecule has 26 heavy (non-hydrogen) atoms. The maximum atomic E-state index is 12.6. The largest absolute Gasteiger partial charge is 0.295 e. The summed E-state index contributed by atoms with van der Waals surface area (Å²) in [6.07, 6.45) is 2.36. The molecule has 1 fully saturated rings. The van der Waals surface area contributed by atoms with E-state index >= 15 is 0 Å². The van der Waals surface area contributed by atoms with Gasteiger partial charge in [-0.05, 0) is 56.5 Å². The molecule has 1 aliphatic rings. The van der Waals surface area contributed by atoms with Crippen LogP contribution in [0.5, 0.6) is 0 Å². The summed E-state index contributed by atoms with van der Waals surface area (Å²) in [5.74, 6) is 0.0216. The molecule has 0 aliphatic carbocycles. The van der Waals surface area contributed by atoms with Crippen LogP contribution in [0.25, 0.3) is 0 Å². The van der Waals surface area contributed by atoms with Crippen molar-refractivity contribution in [1.29, 1.82) is 0 Å². The van der Waals surface area contributed by atoms with Gasteiger partial charge in [-0.3, -0.25) is 4.90 Å². The fraction of sp³-hybridized carbons (Fsp3) is 0.429. The molecule has 1 N–H and O–H groups in total. The molecule has 0 spiro atoms. The monoisotopic (exact) mass is 372 g/mol. The SMILES string of the molecule is Cc1ccc(CS(=O)(=O)NCC(c2ccccc2C)N2CCCC2)cc1. The summed E-state index contributed by atoms with van der Waals surface area (Å²) in [7, 11) is -3.37. The lowest BCUT2D eigenvalue weighted by Gasteiger charge is -2.29. The Kier molecular flexibility index (Phi) is 6.12. The van der Waals surface area contributed by atoms with Crippen molar-refractivity contribution in [2.75, 3.05) is 19.6 Å². The molecule has 2 aromatic carbocycles. The second kappa shape index (κ2) is 8.33. The lowest BCUT2D eigenvalue weighted by atomic mass is 10.0. The third-order valence-corrected chi connectivity index (χ3v) is 6.42. The quantitative estimate of drug-likeness (QED) is 0.808. The van der Waals surface area contributed by atoms with Crippen LogP contribution in [0.4, 0.5) is 0 Å². The molecule has 0 radical (unpaired) electrons. The average Bonchev–Trinajstić information content (AvgIpc) is 3.13. The molecule has 5 heteroatoms. The molecule has 1 heterocycles. The summed E-state index contributed by atoms with van der Waals surface area (Å²) < 4.78 is 28.0. The lowest BCUT2D eigenvalue weighted by Crippen LogP contribution is -2.37. The fourth-order valence-corrected chi connectivity index (χ4v) is 4.76. The number of hydrogen-bond donors (Lipinski definition) is 1. The number of nitrogens with zero attached hydrogens (tertiary/aromatic N) is 1.